The van der Waals surface area contributed by atoms with Crippen molar-refractivity contribution in [1.82, 2.24) is 4.90 Å². The molecular weight excluding hydrogens is 334 g/mol. The lowest BCUT2D eigenvalue weighted by Crippen LogP contribution is -2.50. The van der Waals surface area contributed by atoms with Gasteiger partial charge in [0.15, 0.2) is 5.17 Å². The highest BCUT2D eigenvalue weighted by Crippen LogP contribution is 2.39. The summed E-state index contributed by atoms with van der Waals surface area (Å²) in [6, 6.07) is 16.2. The molecule has 2 aromatic carbocycles. The highest BCUT2D eigenvalue weighted by molar-refractivity contribution is 8.16. The number of amides is 1. The van der Waals surface area contributed by atoms with Crippen LogP contribution in [0.2, 0.25) is 0 Å². The van der Waals surface area contributed by atoms with E-state index in [1.807, 2.05) is 60.0 Å². The first-order chi connectivity index (χ1) is 12.2. The molecule has 2 heterocycles. The predicted molar refractivity (Wildman–Crippen MR) is 100 cm³/mol. The largest absolute Gasteiger partial charge is 0.497 e. The Hall–Kier alpha value is -2.57. The molecule has 2 aliphatic heterocycles. The van der Waals surface area contributed by atoms with Gasteiger partial charge < -0.3 is 10.5 Å². The lowest BCUT2D eigenvalue weighted by Gasteiger charge is -2.32. The quantitative estimate of drug-likeness (QED) is 0.923. The van der Waals surface area contributed by atoms with Crippen molar-refractivity contribution in [3.63, 3.8) is 0 Å². The Morgan fingerprint density at radius 3 is 2.52 bits per heavy atom. The summed E-state index contributed by atoms with van der Waals surface area (Å²) in [6.45, 7) is 0. The third-order valence-electron chi connectivity index (χ3n) is 4.33. The standard InChI is InChI=1S/C19H17N3O2S/c1-24-14-9-7-13(8-10-14)17-16(20)18(23)22-15(11-25-19(22)21-17)12-5-3-2-4-6-12/h2-11,16-17H,20H2,1H3/t16-,17+/m0/s1. The summed E-state index contributed by atoms with van der Waals surface area (Å²) in [7, 11) is 1.62. The van der Waals surface area contributed by atoms with Crippen molar-refractivity contribution in [3.05, 3.63) is 71.1 Å². The van der Waals surface area contributed by atoms with E-state index in [0.717, 1.165) is 22.6 Å². The average Bonchev–Trinajstić information content (AvgIpc) is 3.09. The zero-order chi connectivity index (χ0) is 17.4. The molecule has 0 radical (unpaired) electrons. The van der Waals surface area contributed by atoms with Crippen LogP contribution in [0.5, 0.6) is 5.75 Å². The molecule has 25 heavy (non-hydrogen) atoms. The van der Waals surface area contributed by atoms with E-state index in [2.05, 4.69) is 0 Å². The zero-order valence-corrected chi connectivity index (χ0v) is 14.4. The van der Waals surface area contributed by atoms with E-state index in [0.29, 0.717) is 5.17 Å². The van der Waals surface area contributed by atoms with Gasteiger partial charge in [-0.25, -0.2) is 0 Å². The molecule has 0 saturated heterocycles. The molecule has 4 rings (SSSR count). The second-order valence-electron chi connectivity index (χ2n) is 5.82. The number of thioether (sulfide) groups is 1. The molecule has 0 fully saturated rings. The minimum absolute atomic E-state index is 0.133. The number of rotatable bonds is 3. The minimum Gasteiger partial charge on any atom is -0.497 e. The number of hydrogen-bond donors (Lipinski definition) is 1. The molecule has 0 spiro atoms. The highest BCUT2D eigenvalue weighted by atomic mass is 32.2. The Balaban J connectivity index is 1.68. The Bertz CT molecular complexity index is 862. The van der Waals surface area contributed by atoms with Gasteiger partial charge >= 0.3 is 0 Å². The SMILES string of the molecule is COc1ccc([C@H]2N=C3SC=C(c4ccccc4)N3C(=O)[C@H]2N)cc1. The van der Waals surface area contributed by atoms with Gasteiger partial charge in [-0.2, -0.15) is 0 Å². The van der Waals surface area contributed by atoms with E-state index < -0.39 is 6.04 Å². The molecule has 0 unspecified atom stereocenters. The fourth-order valence-corrected chi connectivity index (χ4v) is 3.92. The van der Waals surface area contributed by atoms with Crippen molar-refractivity contribution in [3.8, 4) is 5.75 Å². The number of methoxy groups -OCH3 is 1. The number of aliphatic imine (C=N–C) groups is 1. The Morgan fingerprint density at radius 1 is 1.12 bits per heavy atom. The van der Waals surface area contributed by atoms with E-state index in [1.165, 1.54) is 11.8 Å². The average molecular weight is 351 g/mol. The highest BCUT2D eigenvalue weighted by Gasteiger charge is 2.41. The lowest BCUT2D eigenvalue weighted by atomic mass is 9.97. The van der Waals surface area contributed by atoms with Crippen molar-refractivity contribution in [2.24, 2.45) is 10.7 Å². The molecule has 1 amide bonds. The van der Waals surface area contributed by atoms with Gasteiger partial charge in [-0.3, -0.25) is 14.7 Å². The van der Waals surface area contributed by atoms with Gasteiger partial charge in [-0.15, -0.1) is 0 Å². The molecular formula is C19H17N3O2S. The summed E-state index contributed by atoms with van der Waals surface area (Å²) in [6.07, 6.45) is 0. The smallest absolute Gasteiger partial charge is 0.252 e. The van der Waals surface area contributed by atoms with Crippen LogP contribution in [0.15, 0.2) is 65.0 Å². The van der Waals surface area contributed by atoms with Gasteiger partial charge in [0.1, 0.15) is 17.8 Å². The molecule has 6 heteroatoms. The van der Waals surface area contributed by atoms with Crippen molar-refractivity contribution >= 4 is 28.5 Å². The summed E-state index contributed by atoms with van der Waals surface area (Å²) in [5.74, 6) is 0.628. The van der Waals surface area contributed by atoms with Crippen molar-refractivity contribution in [2.45, 2.75) is 12.1 Å². The molecule has 0 aromatic heterocycles. The van der Waals surface area contributed by atoms with Gasteiger partial charge in [-0.1, -0.05) is 54.2 Å². The molecule has 2 N–H and O–H groups in total. The minimum atomic E-state index is -0.719. The molecule has 0 aliphatic carbocycles. The third kappa shape index (κ3) is 2.73. The van der Waals surface area contributed by atoms with Crippen LogP contribution in [0.4, 0.5) is 0 Å². The summed E-state index contributed by atoms with van der Waals surface area (Å²) < 4.78 is 5.18. The number of benzene rings is 2. The number of ether oxygens (including phenoxy) is 1. The van der Waals surface area contributed by atoms with Crippen molar-refractivity contribution in [2.75, 3.05) is 7.11 Å². The van der Waals surface area contributed by atoms with Crippen LogP contribution in [0.1, 0.15) is 17.2 Å². The second-order valence-corrected chi connectivity index (χ2v) is 6.65. The molecule has 2 aromatic rings. The van der Waals surface area contributed by atoms with Crippen LogP contribution in [-0.2, 0) is 4.79 Å². The van der Waals surface area contributed by atoms with Crippen LogP contribution in [0, 0.1) is 0 Å². The number of amidine groups is 1. The zero-order valence-electron chi connectivity index (χ0n) is 13.6. The first-order valence-electron chi connectivity index (χ1n) is 7.92. The maximum absolute atomic E-state index is 12.9. The first-order valence-corrected chi connectivity index (χ1v) is 8.80. The van der Waals surface area contributed by atoms with Crippen LogP contribution >= 0.6 is 11.8 Å². The Morgan fingerprint density at radius 2 is 1.84 bits per heavy atom. The third-order valence-corrected chi connectivity index (χ3v) is 5.17. The van der Waals surface area contributed by atoms with Crippen LogP contribution in [0.3, 0.4) is 0 Å². The summed E-state index contributed by atoms with van der Waals surface area (Å²) >= 11 is 1.45. The van der Waals surface area contributed by atoms with Crippen LogP contribution in [0.25, 0.3) is 5.70 Å². The molecule has 0 bridgehead atoms. The lowest BCUT2D eigenvalue weighted by molar-refractivity contribution is -0.127. The molecule has 2 aliphatic rings. The Kier molecular flexibility index (Phi) is 4.07. The van der Waals surface area contributed by atoms with E-state index in [1.54, 1.807) is 12.0 Å². The van der Waals surface area contributed by atoms with E-state index in [-0.39, 0.29) is 11.9 Å². The predicted octanol–water partition coefficient (Wildman–Crippen LogP) is 3.01. The maximum atomic E-state index is 12.9. The van der Waals surface area contributed by atoms with Crippen molar-refractivity contribution < 1.29 is 9.53 Å². The summed E-state index contributed by atoms with van der Waals surface area (Å²) in [5.41, 5.74) is 8.97. The normalized spacial score (nSPS) is 22.3. The van der Waals surface area contributed by atoms with Gasteiger partial charge in [0.25, 0.3) is 5.91 Å². The van der Waals surface area contributed by atoms with E-state index in [4.69, 9.17) is 15.5 Å². The molecule has 5 nitrogen and oxygen atoms in total. The number of carbonyl (C=O) groups is 1. The molecule has 2 atom stereocenters. The monoisotopic (exact) mass is 351 g/mol. The molecule has 0 saturated carbocycles. The summed E-state index contributed by atoms with van der Waals surface area (Å²) in [4.78, 5) is 19.3. The number of nitrogens with zero attached hydrogens (tertiary/aromatic N) is 2. The van der Waals surface area contributed by atoms with Gasteiger partial charge in [0.2, 0.25) is 0 Å². The van der Waals surface area contributed by atoms with Crippen molar-refractivity contribution in [1.29, 1.82) is 0 Å². The van der Waals surface area contributed by atoms with Crippen LogP contribution < -0.4 is 10.5 Å². The van der Waals surface area contributed by atoms with E-state index >= 15 is 0 Å². The molecule has 126 valence electrons. The fourth-order valence-electron chi connectivity index (χ4n) is 2.99. The number of carbonyl (C=O) groups excluding carboxylic acids is 1. The Labute approximate surface area is 150 Å². The topological polar surface area (TPSA) is 67.9 Å². The maximum Gasteiger partial charge on any atom is 0.252 e. The summed E-state index contributed by atoms with van der Waals surface area (Å²) in [5, 5.41) is 2.63. The number of nitrogens with two attached hydrogens (primary N) is 1. The van der Waals surface area contributed by atoms with E-state index in [9.17, 15) is 4.79 Å². The number of hydrogen-bond acceptors (Lipinski definition) is 5. The second kappa shape index (κ2) is 6.38. The fraction of sp³-hybridized carbons (Fsp3) is 0.158. The van der Waals surface area contributed by atoms with Gasteiger partial charge in [0, 0.05) is 5.41 Å². The van der Waals surface area contributed by atoms with Gasteiger partial charge in [-0.05, 0) is 23.3 Å². The number of fused-ring (bicyclic) bond motifs is 1. The first kappa shape index (κ1) is 15.9. The van der Waals surface area contributed by atoms with Gasteiger partial charge in [0.05, 0.1) is 12.8 Å². The van der Waals surface area contributed by atoms with Crippen LogP contribution in [-0.4, -0.2) is 29.1 Å².